The smallest absolute Gasteiger partial charge is 0.0278 e. The van der Waals surface area contributed by atoms with E-state index in [-0.39, 0.29) is 5.54 Å². The summed E-state index contributed by atoms with van der Waals surface area (Å²) in [4.78, 5) is 0. The maximum absolute atomic E-state index is 5.86. The Morgan fingerprint density at radius 1 is 1.40 bits per heavy atom. The summed E-state index contributed by atoms with van der Waals surface area (Å²) in [6.07, 6.45) is 6.86. The van der Waals surface area contributed by atoms with Gasteiger partial charge >= 0.3 is 0 Å². The van der Waals surface area contributed by atoms with Crippen molar-refractivity contribution in [3.63, 3.8) is 0 Å². The van der Waals surface area contributed by atoms with Crippen molar-refractivity contribution in [3.05, 3.63) is 0 Å². The van der Waals surface area contributed by atoms with Crippen molar-refractivity contribution >= 4 is 0 Å². The van der Waals surface area contributed by atoms with Gasteiger partial charge in [0, 0.05) is 12.1 Å². The van der Waals surface area contributed by atoms with Gasteiger partial charge in [-0.3, -0.25) is 0 Å². The highest BCUT2D eigenvalue weighted by Gasteiger charge is 2.24. The van der Waals surface area contributed by atoms with E-state index in [1.165, 1.54) is 32.1 Å². The van der Waals surface area contributed by atoms with Crippen LogP contribution in [-0.4, -0.2) is 18.6 Å². The maximum atomic E-state index is 5.86. The van der Waals surface area contributed by atoms with Gasteiger partial charge in [-0.05, 0) is 38.1 Å². The zero-order chi connectivity index (χ0) is 11.3. The first-order valence-corrected chi connectivity index (χ1v) is 6.51. The fraction of sp³-hybridized carbons (Fsp3) is 1.00. The second-order valence-corrected chi connectivity index (χ2v) is 5.88. The molecule has 1 atom stereocenters. The predicted molar refractivity (Wildman–Crippen MR) is 66.9 cm³/mol. The van der Waals surface area contributed by atoms with E-state index in [0.29, 0.717) is 0 Å². The average molecular weight is 212 g/mol. The lowest BCUT2D eigenvalue weighted by Gasteiger charge is -2.33. The summed E-state index contributed by atoms with van der Waals surface area (Å²) in [6, 6.07) is 0. The summed E-state index contributed by atoms with van der Waals surface area (Å²) in [5, 5.41) is 3.65. The quantitative estimate of drug-likeness (QED) is 0.680. The van der Waals surface area contributed by atoms with Gasteiger partial charge in [-0.1, -0.05) is 33.1 Å². The molecule has 3 N–H and O–H groups in total. The largest absolute Gasteiger partial charge is 0.329 e. The molecule has 0 saturated heterocycles. The normalized spacial score (nSPS) is 21.4. The highest BCUT2D eigenvalue weighted by molar-refractivity contribution is 4.85. The summed E-state index contributed by atoms with van der Waals surface area (Å²) in [7, 11) is 0. The summed E-state index contributed by atoms with van der Waals surface area (Å²) in [6.45, 7) is 8.68. The molecule has 0 spiro atoms. The van der Waals surface area contributed by atoms with E-state index < -0.39 is 0 Å². The molecule has 1 rings (SSSR count). The van der Waals surface area contributed by atoms with Gasteiger partial charge in [-0.2, -0.15) is 0 Å². The van der Waals surface area contributed by atoms with Crippen LogP contribution in [0.25, 0.3) is 0 Å². The molecule has 1 aliphatic carbocycles. The van der Waals surface area contributed by atoms with Gasteiger partial charge < -0.3 is 11.1 Å². The van der Waals surface area contributed by atoms with Crippen LogP contribution in [0.5, 0.6) is 0 Å². The van der Waals surface area contributed by atoms with Gasteiger partial charge in [0.1, 0.15) is 0 Å². The molecule has 1 aliphatic rings. The van der Waals surface area contributed by atoms with Gasteiger partial charge in [-0.15, -0.1) is 0 Å². The lowest BCUT2D eigenvalue weighted by molar-refractivity contribution is 0.253. The first kappa shape index (κ1) is 13.0. The highest BCUT2D eigenvalue weighted by Crippen LogP contribution is 2.29. The molecule has 15 heavy (non-hydrogen) atoms. The summed E-state index contributed by atoms with van der Waals surface area (Å²) >= 11 is 0. The van der Waals surface area contributed by atoms with E-state index >= 15 is 0 Å². The third-order valence-electron chi connectivity index (χ3n) is 3.64. The van der Waals surface area contributed by atoms with Gasteiger partial charge in [-0.25, -0.2) is 0 Å². The van der Waals surface area contributed by atoms with Gasteiger partial charge in [0.2, 0.25) is 0 Å². The van der Waals surface area contributed by atoms with E-state index in [9.17, 15) is 0 Å². The van der Waals surface area contributed by atoms with Crippen LogP contribution in [0, 0.1) is 11.8 Å². The van der Waals surface area contributed by atoms with Crippen LogP contribution in [0.2, 0.25) is 0 Å². The fourth-order valence-electron chi connectivity index (χ4n) is 2.49. The number of hydrogen-bond acceptors (Lipinski definition) is 2. The van der Waals surface area contributed by atoms with E-state index in [1.807, 2.05) is 0 Å². The molecule has 1 fully saturated rings. The van der Waals surface area contributed by atoms with Crippen molar-refractivity contribution in [2.45, 2.75) is 58.4 Å². The Kier molecular flexibility index (Phi) is 5.07. The lowest BCUT2D eigenvalue weighted by Crippen LogP contribution is -2.50. The molecule has 0 heterocycles. The average Bonchev–Trinajstić information content (AvgIpc) is 2.08. The van der Waals surface area contributed by atoms with Gasteiger partial charge in [0.15, 0.2) is 0 Å². The standard InChI is InChI=1S/C13H28N2/c1-11(2)9-13(3,10-14)15-8-7-12-5-4-6-12/h11-12,15H,4-10,14H2,1-3H3. The Morgan fingerprint density at radius 2 is 2.07 bits per heavy atom. The fourth-order valence-corrected chi connectivity index (χ4v) is 2.49. The van der Waals surface area contributed by atoms with Crippen molar-refractivity contribution in [2.24, 2.45) is 17.6 Å². The Morgan fingerprint density at radius 3 is 2.47 bits per heavy atom. The molecular formula is C13H28N2. The van der Waals surface area contributed by atoms with Gasteiger partial charge in [0.25, 0.3) is 0 Å². The monoisotopic (exact) mass is 212 g/mol. The second kappa shape index (κ2) is 5.86. The Labute approximate surface area is 95.0 Å². The van der Waals surface area contributed by atoms with Crippen molar-refractivity contribution in [1.29, 1.82) is 0 Å². The first-order chi connectivity index (χ1) is 7.06. The van der Waals surface area contributed by atoms with Crippen LogP contribution in [0.4, 0.5) is 0 Å². The second-order valence-electron chi connectivity index (χ2n) is 5.88. The third kappa shape index (κ3) is 4.52. The molecule has 0 aromatic heterocycles. The molecule has 0 radical (unpaired) electrons. The zero-order valence-electron chi connectivity index (χ0n) is 10.7. The Hall–Kier alpha value is -0.0800. The molecule has 2 nitrogen and oxygen atoms in total. The number of rotatable bonds is 7. The molecule has 0 aliphatic heterocycles. The van der Waals surface area contributed by atoms with Crippen LogP contribution in [0.1, 0.15) is 52.9 Å². The van der Waals surface area contributed by atoms with E-state index in [2.05, 4.69) is 26.1 Å². The minimum absolute atomic E-state index is 0.151. The maximum Gasteiger partial charge on any atom is 0.0278 e. The summed E-state index contributed by atoms with van der Waals surface area (Å²) in [5.74, 6) is 1.72. The molecule has 0 amide bonds. The Bertz CT molecular complexity index is 175. The Balaban J connectivity index is 2.18. The minimum Gasteiger partial charge on any atom is -0.329 e. The highest BCUT2D eigenvalue weighted by atomic mass is 15.0. The van der Waals surface area contributed by atoms with E-state index in [4.69, 9.17) is 5.73 Å². The molecule has 2 heteroatoms. The molecule has 0 aromatic rings. The molecular weight excluding hydrogens is 184 g/mol. The predicted octanol–water partition coefficient (Wildman–Crippen LogP) is 2.53. The van der Waals surface area contributed by atoms with Crippen molar-refractivity contribution in [3.8, 4) is 0 Å². The minimum atomic E-state index is 0.151. The molecule has 90 valence electrons. The van der Waals surface area contributed by atoms with Crippen LogP contribution in [0.3, 0.4) is 0 Å². The number of nitrogens with one attached hydrogen (secondary N) is 1. The summed E-state index contributed by atoms with van der Waals surface area (Å²) in [5.41, 5.74) is 6.01. The topological polar surface area (TPSA) is 38.0 Å². The van der Waals surface area contributed by atoms with Gasteiger partial charge in [0.05, 0.1) is 0 Å². The molecule has 0 aromatic carbocycles. The van der Waals surface area contributed by atoms with Crippen molar-refractivity contribution in [1.82, 2.24) is 5.32 Å². The number of hydrogen-bond donors (Lipinski definition) is 2. The van der Waals surface area contributed by atoms with Crippen LogP contribution in [0.15, 0.2) is 0 Å². The first-order valence-electron chi connectivity index (χ1n) is 6.51. The zero-order valence-corrected chi connectivity index (χ0v) is 10.7. The van der Waals surface area contributed by atoms with Crippen molar-refractivity contribution in [2.75, 3.05) is 13.1 Å². The van der Waals surface area contributed by atoms with Crippen LogP contribution in [-0.2, 0) is 0 Å². The van der Waals surface area contributed by atoms with Crippen LogP contribution < -0.4 is 11.1 Å². The van der Waals surface area contributed by atoms with E-state index in [0.717, 1.165) is 24.9 Å². The lowest BCUT2D eigenvalue weighted by atomic mass is 9.82. The van der Waals surface area contributed by atoms with E-state index in [1.54, 1.807) is 0 Å². The molecule has 1 saturated carbocycles. The molecule has 1 unspecified atom stereocenters. The SMILES string of the molecule is CC(C)CC(C)(CN)NCCC1CCC1. The summed E-state index contributed by atoms with van der Waals surface area (Å²) < 4.78 is 0. The van der Waals surface area contributed by atoms with Crippen LogP contribution >= 0.6 is 0 Å². The van der Waals surface area contributed by atoms with Crippen molar-refractivity contribution < 1.29 is 0 Å². The third-order valence-corrected chi connectivity index (χ3v) is 3.64. The molecule has 0 bridgehead atoms. The number of nitrogens with two attached hydrogens (primary N) is 1.